The highest BCUT2D eigenvalue weighted by molar-refractivity contribution is 6.42. The van der Waals surface area contributed by atoms with Gasteiger partial charge >= 0.3 is 0 Å². The molecule has 2 N–H and O–H groups in total. The summed E-state index contributed by atoms with van der Waals surface area (Å²) in [6, 6.07) is 11.2. The predicted molar refractivity (Wildman–Crippen MR) is 98.9 cm³/mol. The molecule has 0 bridgehead atoms. The molecule has 0 saturated carbocycles. The smallest absolute Gasteiger partial charge is 0.267 e. The summed E-state index contributed by atoms with van der Waals surface area (Å²) in [7, 11) is 0. The van der Waals surface area contributed by atoms with Crippen LogP contribution in [-0.4, -0.2) is 5.91 Å². The fraction of sp³-hybridized carbons (Fsp3) is 0. The highest BCUT2D eigenvalue weighted by Crippen LogP contribution is 2.25. The van der Waals surface area contributed by atoms with E-state index < -0.39 is 5.91 Å². The quantitative estimate of drug-likeness (QED) is 0.506. The van der Waals surface area contributed by atoms with Gasteiger partial charge in [-0.3, -0.25) is 4.79 Å². The summed E-state index contributed by atoms with van der Waals surface area (Å²) in [5.41, 5.74) is 0.820. The second-order valence-electron chi connectivity index (χ2n) is 4.56. The lowest BCUT2D eigenvalue weighted by Crippen LogP contribution is -2.14. The number of nitrogens with one attached hydrogen (secondary N) is 2. The molecule has 0 aromatic heterocycles. The summed E-state index contributed by atoms with van der Waals surface area (Å²) in [6.07, 6.45) is 1.26. The number of hydrogen-bond donors (Lipinski definition) is 2. The molecular weight excluding hydrogens is 392 g/mol. The number of nitriles is 1. The van der Waals surface area contributed by atoms with E-state index in [2.05, 4.69) is 10.6 Å². The zero-order chi connectivity index (χ0) is 17.7. The number of rotatable bonds is 4. The van der Waals surface area contributed by atoms with Crippen LogP contribution in [-0.2, 0) is 4.79 Å². The number of halogens is 4. The number of hydrogen-bond acceptors (Lipinski definition) is 3. The Labute approximate surface area is 158 Å². The summed E-state index contributed by atoms with van der Waals surface area (Å²) in [6.45, 7) is 0. The molecule has 4 nitrogen and oxygen atoms in total. The fourth-order valence-corrected chi connectivity index (χ4v) is 2.54. The molecule has 0 aliphatic rings. The van der Waals surface area contributed by atoms with Gasteiger partial charge in [0.2, 0.25) is 0 Å². The minimum absolute atomic E-state index is 0.142. The molecule has 122 valence electrons. The molecule has 0 spiro atoms. The molecule has 2 rings (SSSR count). The van der Waals surface area contributed by atoms with Crippen molar-refractivity contribution >= 4 is 63.7 Å². The Hall–Kier alpha value is -1.90. The molecule has 2 aromatic carbocycles. The van der Waals surface area contributed by atoms with Gasteiger partial charge in [-0.25, -0.2) is 0 Å². The number of anilines is 2. The van der Waals surface area contributed by atoms with Crippen molar-refractivity contribution in [2.24, 2.45) is 0 Å². The van der Waals surface area contributed by atoms with E-state index in [1.165, 1.54) is 12.3 Å². The molecule has 0 aliphatic heterocycles. The van der Waals surface area contributed by atoms with Crippen LogP contribution in [0.4, 0.5) is 11.4 Å². The molecule has 0 aliphatic carbocycles. The third kappa shape index (κ3) is 5.05. The van der Waals surface area contributed by atoms with Gasteiger partial charge in [-0.15, -0.1) is 0 Å². The maximum absolute atomic E-state index is 12.1. The average molecular weight is 401 g/mol. The fourth-order valence-electron chi connectivity index (χ4n) is 1.71. The van der Waals surface area contributed by atoms with Gasteiger partial charge in [-0.05, 0) is 36.4 Å². The number of carbonyl (C=O) groups excluding carboxylic acids is 1. The Morgan fingerprint density at radius 1 is 0.958 bits per heavy atom. The monoisotopic (exact) mass is 399 g/mol. The second-order valence-corrected chi connectivity index (χ2v) is 6.24. The first kappa shape index (κ1) is 18.4. The number of nitrogens with zero attached hydrogens (tertiary/aromatic N) is 1. The van der Waals surface area contributed by atoms with E-state index >= 15 is 0 Å². The Morgan fingerprint density at radius 3 is 2.21 bits per heavy atom. The SMILES string of the molecule is N#C/C(=C/Nc1cc(Cl)cc(Cl)c1)C(=O)Nc1ccc(Cl)c(Cl)c1. The molecule has 24 heavy (non-hydrogen) atoms. The van der Waals surface area contributed by atoms with E-state index in [4.69, 9.17) is 51.7 Å². The van der Waals surface area contributed by atoms with Crippen molar-refractivity contribution in [1.82, 2.24) is 0 Å². The molecular formula is C16H9Cl4N3O. The third-order valence-electron chi connectivity index (χ3n) is 2.79. The van der Waals surface area contributed by atoms with Crippen molar-refractivity contribution in [3.05, 3.63) is 68.3 Å². The van der Waals surface area contributed by atoms with Gasteiger partial charge in [0, 0.05) is 27.6 Å². The number of carbonyl (C=O) groups is 1. The van der Waals surface area contributed by atoms with Crippen molar-refractivity contribution in [1.29, 1.82) is 5.26 Å². The van der Waals surface area contributed by atoms with Crippen LogP contribution in [0.1, 0.15) is 0 Å². The minimum Gasteiger partial charge on any atom is -0.360 e. The van der Waals surface area contributed by atoms with Gasteiger partial charge in [0.15, 0.2) is 0 Å². The van der Waals surface area contributed by atoms with Crippen molar-refractivity contribution in [2.75, 3.05) is 10.6 Å². The molecule has 0 unspecified atom stereocenters. The van der Waals surface area contributed by atoms with E-state index in [1.54, 1.807) is 30.3 Å². The standard InChI is InChI=1S/C16H9Cl4N3O/c17-10-3-11(18)5-13(4-10)22-8-9(7-21)16(24)23-12-1-2-14(19)15(20)6-12/h1-6,8,22H,(H,23,24)/b9-8-. The van der Waals surface area contributed by atoms with Crippen LogP contribution in [0.2, 0.25) is 20.1 Å². The molecule has 0 radical (unpaired) electrons. The van der Waals surface area contributed by atoms with Crippen LogP contribution in [0.15, 0.2) is 48.2 Å². The van der Waals surface area contributed by atoms with E-state index in [0.717, 1.165) is 0 Å². The van der Waals surface area contributed by atoms with Crippen LogP contribution in [0.3, 0.4) is 0 Å². The maximum Gasteiger partial charge on any atom is 0.267 e. The zero-order valence-corrected chi connectivity index (χ0v) is 14.9. The first-order chi connectivity index (χ1) is 11.4. The zero-order valence-electron chi connectivity index (χ0n) is 11.9. The lowest BCUT2D eigenvalue weighted by Gasteiger charge is -2.07. The van der Waals surface area contributed by atoms with Gasteiger partial charge in [-0.1, -0.05) is 46.4 Å². The topological polar surface area (TPSA) is 64.9 Å². The third-order valence-corrected chi connectivity index (χ3v) is 3.96. The lowest BCUT2D eigenvalue weighted by atomic mass is 10.2. The van der Waals surface area contributed by atoms with E-state index in [9.17, 15) is 4.79 Å². The van der Waals surface area contributed by atoms with Gasteiger partial charge in [0.1, 0.15) is 11.6 Å². The Balaban J connectivity index is 2.13. The van der Waals surface area contributed by atoms with E-state index in [-0.39, 0.29) is 5.57 Å². The largest absolute Gasteiger partial charge is 0.360 e. The molecule has 1 amide bonds. The summed E-state index contributed by atoms with van der Waals surface area (Å²) in [5, 5.41) is 16.0. The van der Waals surface area contributed by atoms with Crippen molar-refractivity contribution in [3.8, 4) is 6.07 Å². The average Bonchev–Trinajstić information content (AvgIpc) is 2.50. The highest BCUT2D eigenvalue weighted by atomic mass is 35.5. The normalized spacial score (nSPS) is 10.9. The number of amides is 1. The van der Waals surface area contributed by atoms with Crippen LogP contribution in [0.5, 0.6) is 0 Å². The lowest BCUT2D eigenvalue weighted by molar-refractivity contribution is -0.112. The summed E-state index contributed by atoms with van der Waals surface area (Å²) < 4.78 is 0. The second kappa shape index (κ2) is 8.27. The van der Waals surface area contributed by atoms with Crippen molar-refractivity contribution in [2.45, 2.75) is 0 Å². The Kier molecular flexibility index (Phi) is 6.36. The minimum atomic E-state index is -0.600. The molecule has 8 heteroatoms. The summed E-state index contributed by atoms with van der Waals surface area (Å²) >= 11 is 23.5. The summed E-state index contributed by atoms with van der Waals surface area (Å²) in [5.74, 6) is -0.600. The predicted octanol–water partition coefficient (Wildman–Crippen LogP) is 5.76. The molecule has 2 aromatic rings. The highest BCUT2D eigenvalue weighted by Gasteiger charge is 2.10. The van der Waals surface area contributed by atoms with Gasteiger partial charge in [-0.2, -0.15) is 5.26 Å². The molecule has 0 saturated heterocycles. The van der Waals surface area contributed by atoms with E-state index in [1.807, 2.05) is 6.07 Å². The number of benzene rings is 2. The van der Waals surface area contributed by atoms with Crippen LogP contribution >= 0.6 is 46.4 Å². The van der Waals surface area contributed by atoms with Gasteiger partial charge in [0.05, 0.1) is 10.0 Å². The van der Waals surface area contributed by atoms with Crippen LogP contribution in [0, 0.1) is 11.3 Å². The first-order valence-corrected chi connectivity index (χ1v) is 7.99. The van der Waals surface area contributed by atoms with Crippen LogP contribution < -0.4 is 10.6 Å². The van der Waals surface area contributed by atoms with Crippen molar-refractivity contribution < 1.29 is 4.79 Å². The van der Waals surface area contributed by atoms with Gasteiger partial charge < -0.3 is 10.6 Å². The summed E-state index contributed by atoms with van der Waals surface area (Å²) in [4.78, 5) is 12.1. The molecule has 0 fully saturated rings. The molecule has 0 atom stereocenters. The first-order valence-electron chi connectivity index (χ1n) is 6.48. The Bertz CT molecular complexity index is 839. The van der Waals surface area contributed by atoms with E-state index in [0.29, 0.717) is 31.5 Å². The Morgan fingerprint density at radius 2 is 1.62 bits per heavy atom. The van der Waals surface area contributed by atoms with Crippen LogP contribution in [0.25, 0.3) is 0 Å². The van der Waals surface area contributed by atoms with Gasteiger partial charge in [0.25, 0.3) is 5.91 Å². The van der Waals surface area contributed by atoms with Crippen molar-refractivity contribution in [3.63, 3.8) is 0 Å². The maximum atomic E-state index is 12.1. The molecule has 0 heterocycles.